The quantitative estimate of drug-likeness (QED) is 0.898. The summed E-state index contributed by atoms with van der Waals surface area (Å²) in [6, 6.07) is 5.55. The zero-order valence-corrected chi connectivity index (χ0v) is 10.1. The lowest BCUT2D eigenvalue weighted by Crippen LogP contribution is -2.37. The van der Waals surface area contributed by atoms with Crippen LogP contribution in [0.5, 0.6) is 0 Å². The van der Waals surface area contributed by atoms with E-state index < -0.39 is 0 Å². The molecule has 2 aromatic rings. The number of aromatic nitrogens is 1. The van der Waals surface area contributed by atoms with Crippen molar-refractivity contribution in [1.82, 2.24) is 10.1 Å². The normalized spacial score (nSPS) is 21.3. The van der Waals surface area contributed by atoms with Gasteiger partial charge in [0.1, 0.15) is 0 Å². The number of furan rings is 1. The molecule has 3 rings (SSSR count). The predicted molar refractivity (Wildman–Crippen MR) is 64.7 cm³/mol. The Morgan fingerprint density at radius 2 is 2.39 bits per heavy atom. The summed E-state index contributed by atoms with van der Waals surface area (Å²) in [6.45, 7) is 2.42. The van der Waals surface area contributed by atoms with Crippen molar-refractivity contribution in [3.05, 3.63) is 30.2 Å². The first-order chi connectivity index (χ1) is 8.81. The highest BCUT2D eigenvalue weighted by Crippen LogP contribution is 2.21. The van der Waals surface area contributed by atoms with E-state index in [-0.39, 0.29) is 6.10 Å². The van der Waals surface area contributed by atoms with Crippen molar-refractivity contribution in [3.8, 4) is 11.5 Å². The SMILES string of the molecule is OC1CCCN(Cc2cc(-c3ccco3)on2)C1. The van der Waals surface area contributed by atoms with Crippen molar-refractivity contribution in [2.45, 2.75) is 25.5 Å². The molecule has 1 fully saturated rings. The molecule has 2 aromatic heterocycles. The average molecular weight is 248 g/mol. The van der Waals surface area contributed by atoms with Crippen LogP contribution in [-0.4, -0.2) is 34.4 Å². The van der Waals surface area contributed by atoms with Gasteiger partial charge in [0.15, 0.2) is 5.76 Å². The molecule has 5 nitrogen and oxygen atoms in total. The molecule has 1 unspecified atom stereocenters. The van der Waals surface area contributed by atoms with Crippen molar-refractivity contribution in [1.29, 1.82) is 0 Å². The van der Waals surface area contributed by atoms with Crippen LogP contribution in [0, 0.1) is 0 Å². The lowest BCUT2D eigenvalue weighted by Gasteiger charge is -2.28. The van der Waals surface area contributed by atoms with Crippen molar-refractivity contribution < 1.29 is 14.0 Å². The van der Waals surface area contributed by atoms with E-state index in [1.54, 1.807) is 6.26 Å². The van der Waals surface area contributed by atoms with Crippen LogP contribution in [0.2, 0.25) is 0 Å². The van der Waals surface area contributed by atoms with Gasteiger partial charge in [0.2, 0.25) is 5.76 Å². The molecule has 0 saturated carbocycles. The molecular formula is C13H16N2O3. The molecule has 5 heteroatoms. The van der Waals surface area contributed by atoms with Crippen molar-refractivity contribution in [2.24, 2.45) is 0 Å². The fourth-order valence-electron chi connectivity index (χ4n) is 2.33. The maximum absolute atomic E-state index is 9.61. The van der Waals surface area contributed by atoms with E-state index >= 15 is 0 Å². The van der Waals surface area contributed by atoms with Gasteiger partial charge in [-0.2, -0.15) is 0 Å². The van der Waals surface area contributed by atoms with Gasteiger partial charge in [0.05, 0.1) is 18.1 Å². The number of rotatable bonds is 3. The smallest absolute Gasteiger partial charge is 0.202 e. The summed E-state index contributed by atoms with van der Waals surface area (Å²) in [5.41, 5.74) is 0.871. The zero-order valence-electron chi connectivity index (χ0n) is 10.1. The first-order valence-electron chi connectivity index (χ1n) is 6.21. The van der Waals surface area contributed by atoms with Crippen molar-refractivity contribution >= 4 is 0 Å². The average Bonchev–Trinajstić information content (AvgIpc) is 2.98. The highest BCUT2D eigenvalue weighted by atomic mass is 16.5. The molecule has 1 saturated heterocycles. The summed E-state index contributed by atoms with van der Waals surface area (Å²) in [5, 5.41) is 13.6. The first-order valence-corrected chi connectivity index (χ1v) is 6.21. The third kappa shape index (κ3) is 2.47. The standard InChI is InChI=1S/C13H16N2O3/c16-11-3-1-5-15(9-11)8-10-7-13(18-14-10)12-4-2-6-17-12/h2,4,6-7,11,16H,1,3,5,8-9H2. The maximum Gasteiger partial charge on any atom is 0.202 e. The fraction of sp³-hybridized carbons (Fsp3) is 0.462. The lowest BCUT2D eigenvalue weighted by atomic mass is 10.1. The number of nitrogens with zero attached hydrogens (tertiary/aromatic N) is 2. The van der Waals surface area contributed by atoms with Crippen LogP contribution in [0.1, 0.15) is 18.5 Å². The maximum atomic E-state index is 9.61. The zero-order chi connectivity index (χ0) is 12.4. The molecule has 0 spiro atoms. The minimum Gasteiger partial charge on any atom is -0.461 e. The Bertz CT molecular complexity index is 492. The van der Waals surface area contributed by atoms with E-state index in [1.165, 1.54) is 0 Å². The summed E-state index contributed by atoms with van der Waals surface area (Å²) in [5.74, 6) is 1.33. The van der Waals surface area contributed by atoms with Crippen molar-refractivity contribution in [2.75, 3.05) is 13.1 Å². The van der Waals surface area contributed by atoms with E-state index in [0.717, 1.165) is 25.1 Å². The van der Waals surface area contributed by atoms with Gasteiger partial charge in [-0.3, -0.25) is 4.90 Å². The Balaban J connectivity index is 1.66. The molecular weight excluding hydrogens is 232 g/mol. The number of piperidine rings is 1. The largest absolute Gasteiger partial charge is 0.461 e. The Hall–Kier alpha value is -1.59. The minimum atomic E-state index is -0.213. The molecule has 0 radical (unpaired) electrons. The van der Waals surface area contributed by atoms with E-state index in [2.05, 4.69) is 10.1 Å². The van der Waals surface area contributed by atoms with Crippen LogP contribution >= 0.6 is 0 Å². The summed E-state index contributed by atoms with van der Waals surface area (Å²) >= 11 is 0. The number of likely N-dealkylation sites (tertiary alicyclic amines) is 1. The van der Waals surface area contributed by atoms with E-state index in [0.29, 0.717) is 24.6 Å². The molecule has 1 aliphatic heterocycles. The molecule has 0 aromatic carbocycles. The van der Waals surface area contributed by atoms with E-state index in [9.17, 15) is 5.11 Å². The Morgan fingerprint density at radius 1 is 1.44 bits per heavy atom. The molecule has 3 heterocycles. The van der Waals surface area contributed by atoms with E-state index in [4.69, 9.17) is 8.94 Å². The van der Waals surface area contributed by atoms with Gasteiger partial charge in [0, 0.05) is 19.2 Å². The number of β-amino-alcohol motifs (C(OH)–C–C–N with tert-alkyl or cyclic N) is 1. The molecule has 18 heavy (non-hydrogen) atoms. The van der Waals surface area contributed by atoms with Gasteiger partial charge < -0.3 is 14.0 Å². The van der Waals surface area contributed by atoms with Crippen LogP contribution in [0.15, 0.2) is 33.4 Å². The fourth-order valence-corrected chi connectivity index (χ4v) is 2.33. The topological polar surface area (TPSA) is 62.6 Å². The summed E-state index contributed by atoms with van der Waals surface area (Å²) in [4.78, 5) is 2.19. The van der Waals surface area contributed by atoms with Gasteiger partial charge >= 0.3 is 0 Å². The third-order valence-electron chi connectivity index (χ3n) is 3.19. The van der Waals surface area contributed by atoms with Crippen LogP contribution < -0.4 is 0 Å². The van der Waals surface area contributed by atoms with Gasteiger partial charge in [-0.15, -0.1) is 0 Å². The van der Waals surface area contributed by atoms with Gasteiger partial charge in [0.25, 0.3) is 0 Å². The summed E-state index contributed by atoms with van der Waals surface area (Å²) < 4.78 is 10.5. The number of hydrogen-bond acceptors (Lipinski definition) is 5. The first kappa shape index (κ1) is 11.5. The van der Waals surface area contributed by atoms with Gasteiger partial charge in [-0.1, -0.05) is 5.16 Å². The highest BCUT2D eigenvalue weighted by Gasteiger charge is 2.19. The molecule has 0 aliphatic carbocycles. The van der Waals surface area contributed by atoms with Crippen LogP contribution in [0.3, 0.4) is 0 Å². The summed E-state index contributed by atoms with van der Waals surface area (Å²) in [6.07, 6.45) is 3.32. The second-order valence-corrected chi connectivity index (χ2v) is 4.69. The molecule has 1 N–H and O–H groups in total. The van der Waals surface area contributed by atoms with Crippen LogP contribution in [0.25, 0.3) is 11.5 Å². The van der Waals surface area contributed by atoms with Gasteiger partial charge in [-0.25, -0.2) is 0 Å². The summed E-state index contributed by atoms with van der Waals surface area (Å²) in [7, 11) is 0. The minimum absolute atomic E-state index is 0.213. The number of hydrogen-bond donors (Lipinski definition) is 1. The van der Waals surface area contributed by atoms with Crippen LogP contribution in [0.4, 0.5) is 0 Å². The van der Waals surface area contributed by atoms with Crippen LogP contribution in [-0.2, 0) is 6.54 Å². The Labute approximate surface area is 105 Å². The molecule has 0 amide bonds. The number of aliphatic hydroxyl groups excluding tert-OH is 1. The predicted octanol–water partition coefficient (Wildman–Crippen LogP) is 1.89. The van der Waals surface area contributed by atoms with Gasteiger partial charge in [-0.05, 0) is 31.5 Å². The number of aliphatic hydroxyl groups is 1. The molecule has 0 bridgehead atoms. The Kier molecular flexibility index (Phi) is 3.17. The molecule has 1 aliphatic rings. The third-order valence-corrected chi connectivity index (χ3v) is 3.19. The Morgan fingerprint density at radius 3 is 3.17 bits per heavy atom. The molecule has 96 valence electrons. The van der Waals surface area contributed by atoms with E-state index in [1.807, 2.05) is 18.2 Å². The second-order valence-electron chi connectivity index (χ2n) is 4.69. The second kappa shape index (κ2) is 4.96. The lowest BCUT2D eigenvalue weighted by molar-refractivity contribution is 0.0657. The molecule has 1 atom stereocenters. The van der Waals surface area contributed by atoms with Crippen molar-refractivity contribution in [3.63, 3.8) is 0 Å². The monoisotopic (exact) mass is 248 g/mol. The highest BCUT2D eigenvalue weighted by molar-refractivity contribution is 5.49.